The van der Waals surface area contributed by atoms with Crippen molar-refractivity contribution in [2.24, 2.45) is 5.92 Å². The maximum atomic E-state index is 3.82. The topological polar surface area (TPSA) is 15.3 Å². The fraction of sp³-hybridized carbons (Fsp3) is 0.700. The number of para-hydroxylation sites is 1. The summed E-state index contributed by atoms with van der Waals surface area (Å²) in [6, 6.07) is 9.58. The molecular weight excluding hydrogens is 268 g/mol. The Morgan fingerprint density at radius 3 is 2.50 bits per heavy atom. The number of hydrogen-bond acceptors (Lipinski definition) is 2. The van der Waals surface area contributed by atoms with Crippen LogP contribution in [0, 0.1) is 5.92 Å². The van der Waals surface area contributed by atoms with Gasteiger partial charge in [0.25, 0.3) is 0 Å². The van der Waals surface area contributed by atoms with E-state index in [1.807, 2.05) is 0 Å². The van der Waals surface area contributed by atoms with Crippen LogP contribution in [0.15, 0.2) is 24.3 Å². The molecule has 2 heteroatoms. The molecule has 0 radical (unpaired) electrons. The van der Waals surface area contributed by atoms with Crippen LogP contribution in [0.2, 0.25) is 0 Å². The Morgan fingerprint density at radius 2 is 1.82 bits per heavy atom. The molecule has 1 aromatic carbocycles. The van der Waals surface area contributed by atoms with Gasteiger partial charge in [0.15, 0.2) is 0 Å². The van der Waals surface area contributed by atoms with Crippen LogP contribution in [0.25, 0.3) is 0 Å². The summed E-state index contributed by atoms with van der Waals surface area (Å²) in [5.41, 5.74) is 2.98. The predicted octanol–water partition coefficient (Wildman–Crippen LogP) is 5.15. The zero-order valence-corrected chi connectivity index (χ0v) is 14.8. The van der Waals surface area contributed by atoms with Gasteiger partial charge in [0.2, 0.25) is 0 Å². The number of nitrogens with one attached hydrogen (secondary N) is 1. The quantitative estimate of drug-likeness (QED) is 0.714. The van der Waals surface area contributed by atoms with Crippen molar-refractivity contribution >= 4 is 5.69 Å². The van der Waals surface area contributed by atoms with Gasteiger partial charge < -0.3 is 10.2 Å². The Morgan fingerprint density at radius 1 is 1.09 bits per heavy atom. The predicted molar refractivity (Wildman–Crippen MR) is 97.6 cm³/mol. The van der Waals surface area contributed by atoms with Crippen LogP contribution in [-0.2, 0) is 0 Å². The van der Waals surface area contributed by atoms with Crippen molar-refractivity contribution in [3.63, 3.8) is 0 Å². The minimum atomic E-state index is 0.500. The second-order valence-electron chi connectivity index (χ2n) is 7.10. The van der Waals surface area contributed by atoms with Gasteiger partial charge in [-0.3, -0.25) is 0 Å². The number of benzene rings is 1. The molecular formula is C20H34N2. The molecule has 124 valence electrons. The molecule has 22 heavy (non-hydrogen) atoms. The highest BCUT2D eigenvalue weighted by Crippen LogP contribution is 2.31. The zero-order valence-electron chi connectivity index (χ0n) is 14.8. The first kappa shape index (κ1) is 17.3. The van der Waals surface area contributed by atoms with E-state index in [9.17, 15) is 0 Å². The zero-order chi connectivity index (χ0) is 15.8. The molecule has 1 fully saturated rings. The average molecular weight is 303 g/mol. The van der Waals surface area contributed by atoms with E-state index in [1.165, 1.54) is 62.9 Å². The second kappa shape index (κ2) is 9.19. The van der Waals surface area contributed by atoms with Crippen LogP contribution in [0.5, 0.6) is 0 Å². The molecule has 1 aliphatic rings. The molecule has 0 aliphatic carbocycles. The number of unbranched alkanes of at least 4 members (excludes halogenated alkanes) is 1. The summed E-state index contributed by atoms with van der Waals surface area (Å²) in [7, 11) is 0. The lowest BCUT2D eigenvalue weighted by Gasteiger charge is -2.33. The van der Waals surface area contributed by atoms with Gasteiger partial charge in [-0.25, -0.2) is 0 Å². The van der Waals surface area contributed by atoms with Crippen LogP contribution in [0.1, 0.15) is 70.9 Å². The first-order valence-electron chi connectivity index (χ1n) is 9.29. The van der Waals surface area contributed by atoms with Crippen LogP contribution in [-0.4, -0.2) is 19.6 Å². The maximum absolute atomic E-state index is 3.82. The third-order valence-electron chi connectivity index (χ3n) is 4.63. The van der Waals surface area contributed by atoms with E-state index in [2.05, 4.69) is 55.3 Å². The Balaban J connectivity index is 2.17. The highest BCUT2D eigenvalue weighted by atomic mass is 15.1. The van der Waals surface area contributed by atoms with Crippen molar-refractivity contribution in [3.8, 4) is 0 Å². The first-order chi connectivity index (χ1) is 10.7. The normalized spacial score (nSPS) is 17.0. The van der Waals surface area contributed by atoms with Gasteiger partial charge in [-0.05, 0) is 49.8 Å². The molecule has 1 N–H and O–H groups in total. The summed E-state index contributed by atoms with van der Waals surface area (Å²) >= 11 is 0. The molecule has 0 saturated carbocycles. The first-order valence-corrected chi connectivity index (χ1v) is 9.29. The van der Waals surface area contributed by atoms with Crippen molar-refractivity contribution in [1.82, 2.24) is 5.32 Å². The van der Waals surface area contributed by atoms with E-state index in [1.54, 1.807) is 0 Å². The average Bonchev–Trinajstić information content (AvgIpc) is 2.56. The van der Waals surface area contributed by atoms with Crippen LogP contribution >= 0.6 is 0 Å². The molecule has 1 saturated heterocycles. The van der Waals surface area contributed by atoms with Gasteiger partial charge in [0.1, 0.15) is 0 Å². The van der Waals surface area contributed by atoms with Gasteiger partial charge in [0.05, 0.1) is 0 Å². The Bertz CT molecular complexity index is 421. The van der Waals surface area contributed by atoms with E-state index >= 15 is 0 Å². The van der Waals surface area contributed by atoms with Crippen molar-refractivity contribution in [1.29, 1.82) is 0 Å². The van der Waals surface area contributed by atoms with Crippen molar-refractivity contribution in [3.05, 3.63) is 29.8 Å². The summed E-state index contributed by atoms with van der Waals surface area (Å²) in [6.45, 7) is 10.4. The standard InChI is InChI=1S/C20H34N2/c1-4-5-12-19(21-16-17(2)3)18-11-7-8-13-20(18)22-14-9-6-10-15-22/h7-8,11,13,17,19,21H,4-6,9-10,12,14-16H2,1-3H3. The van der Waals surface area contributed by atoms with E-state index < -0.39 is 0 Å². The Hall–Kier alpha value is -1.02. The lowest BCUT2D eigenvalue weighted by molar-refractivity contribution is 0.440. The van der Waals surface area contributed by atoms with E-state index in [4.69, 9.17) is 0 Å². The molecule has 1 aromatic rings. The minimum absolute atomic E-state index is 0.500. The third-order valence-corrected chi connectivity index (χ3v) is 4.63. The van der Waals surface area contributed by atoms with Gasteiger partial charge in [-0.1, -0.05) is 51.8 Å². The molecule has 1 aliphatic heterocycles. The van der Waals surface area contributed by atoms with E-state index in [-0.39, 0.29) is 0 Å². The van der Waals surface area contributed by atoms with Crippen molar-refractivity contribution < 1.29 is 0 Å². The Labute approximate surface area is 137 Å². The summed E-state index contributed by atoms with van der Waals surface area (Å²) in [5.74, 6) is 0.700. The largest absolute Gasteiger partial charge is 0.371 e. The molecule has 1 unspecified atom stereocenters. The summed E-state index contributed by atoms with van der Waals surface area (Å²) in [6.07, 6.45) is 7.88. The molecule has 2 rings (SSSR count). The molecule has 1 atom stereocenters. The second-order valence-corrected chi connectivity index (χ2v) is 7.10. The number of anilines is 1. The molecule has 0 amide bonds. The summed E-state index contributed by atoms with van der Waals surface area (Å²) in [5, 5.41) is 3.82. The fourth-order valence-electron chi connectivity index (χ4n) is 3.36. The van der Waals surface area contributed by atoms with Crippen molar-refractivity contribution in [2.45, 2.75) is 65.3 Å². The smallest absolute Gasteiger partial charge is 0.0414 e. The van der Waals surface area contributed by atoms with Crippen LogP contribution in [0.3, 0.4) is 0 Å². The van der Waals surface area contributed by atoms with E-state index in [0.717, 1.165) is 6.54 Å². The molecule has 0 spiro atoms. The van der Waals surface area contributed by atoms with Gasteiger partial charge in [-0.2, -0.15) is 0 Å². The van der Waals surface area contributed by atoms with Crippen LogP contribution < -0.4 is 10.2 Å². The lowest BCUT2D eigenvalue weighted by atomic mass is 9.97. The highest BCUT2D eigenvalue weighted by Gasteiger charge is 2.19. The van der Waals surface area contributed by atoms with Crippen LogP contribution in [0.4, 0.5) is 5.69 Å². The van der Waals surface area contributed by atoms with Gasteiger partial charge >= 0.3 is 0 Å². The third kappa shape index (κ3) is 5.01. The number of piperidine rings is 1. The lowest BCUT2D eigenvalue weighted by Crippen LogP contribution is -2.32. The number of nitrogens with zero attached hydrogens (tertiary/aromatic N) is 1. The highest BCUT2D eigenvalue weighted by molar-refractivity contribution is 5.55. The van der Waals surface area contributed by atoms with Crippen molar-refractivity contribution in [2.75, 3.05) is 24.5 Å². The maximum Gasteiger partial charge on any atom is 0.0414 e. The SMILES string of the molecule is CCCCC(NCC(C)C)c1ccccc1N1CCCCC1. The van der Waals surface area contributed by atoms with Gasteiger partial charge in [0, 0.05) is 24.8 Å². The molecule has 2 nitrogen and oxygen atoms in total. The number of rotatable bonds is 8. The summed E-state index contributed by atoms with van der Waals surface area (Å²) < 4.78 is 0. The molecule has 0 bridgehead atoms. The molecule has 1 heterocycles. The minimum Gasteiger partial charge on any atom is -0.371 e. The fourth-order valence-corrected chi connectivity index (χ4v) is 3.36. The number of hydrogen-bond donors (Lipinski definition) is 1. The Kier molecular flexibility index (Phi) is 7.24. The van der Waals surface area contributed by atoms with E-state index in [0.29, 0.717) is 12.0 Å². The monoisotopic (exact) mass is 302 g/mol. The summed E-state index contributed by atoms with van der Waals surface area (Å²) in [4.78, 5) is 2.61. The van der Waals surface area contributed by atoms with Gasteiger partial charge in [-0.15, -0.1) is 0 Å². The molecule has 0 aromatic heterocycles.